The number of unbranched alkanes of at least 4 members (excludes halogenated alkanes) is 7. The largest absolute Gasteiger partial charge is 0.329 e. The molecule has 0 aliphatic rings. The molecule has 0 atom stereocenters. The molecule has 0 heterocycles. The minimum atomic E-state index is 0.246. The lowest BCUT2D eigenvalue weighted by Gasteiger charge is -2.42. The number of nitrogens with two attached hydrogens (primary N) is 1. The predicted octanol–water partition coefficient (Wildman–Crippen LogP) is 4.97. The van der Waals surface area contributed by atoms with Gasteiger partial charge in [0.05, 0.1) is 0 Å². The first kappa shape index (κ1) is 19.9. The zero-order chi connectivity index (χ0) is 15.3. The van der Waals surface area contributed by atoms with Crippen molar-refractivity contribution in [1.82, 2.24) is 4.90 Å². The van der Waals surface area contributed by atoms with Crippen molar-refractivity contribution in [2.45, 2.75) is 97.4 Å². The molecule has 122 valence electrons. The summed E-state index contributed by atoms with van der Waals surface area (Å²) in [5, 5.41) is 0. The summed E-state index contributed by atoms with van der Waals surface area (Å²) in [7, 11) is 0. The second-order valence-electron chi connectivity index (χ2n) is 6.19. The first-order valence-electron chi connectivity index (χ1n) is 9.15. The molecule has 2 nitrogen and oxygen atoms in total. The Labute approximate surface area is 128 Å². The van der Waals surface area contributed by atoms with Crippen molar-refractivity contribution in [2.24, 2.45) is 5.73 Å². The van der Waals surface area contributed by atoms with Gasteiger partial charge in [-0.25, -0.2) is 0 Å². The van der Waals surface area contributed by atoms with Gasteiger partial charge in [-0.15, -0.1) is 0 Å². The van der Waals surface area contributed by atoms with E-state index in [1.165, 1.54) is 70.8 Å². The van der Waals surface area contributed by atoms with E-state index >= 15 is 0 Å². The first-order valence-corrected chi connectivity index (χ1v) is 9.15. The molecular weight excluding hydrogens is 244 g/mol. The number of likely N-dealkylation sites (N-methyl/N-ethyl adjacent to an activating group) is 1. The topological polar surface area (TPSA) is 29.3 Å². The minimum Gasteiger partial charge on any atom is -0.329 e. The van der Waals surface area contributed by atoms with E-state index in [4.69, 9.17) is 5.73 Å². The number of nitrogens with zero attached hydrogens (tertiary/aromatic N) is 1. The van der Waals surface area contributed by atoms with Crippen molar-refractivity contribution in [1.29, 1.82) is 0 Å². The molecule has 0 aromatic heterocycles. The molecule has 2 N–H and O–H groups in total. The van der Waals surface area contributed by atoms with Crippen LogP contribution in [0.15, 0.2) is 0 Å². The summed E-state index contributed by atoms with van der Waals surface area (Å²) in [6, 6.07) is 0. The van der Waals surface area contributed by atoms with Gasteiger partial charge in [-0.1, -0.05) is 72.6 Å². The highest BCUT2D eigenvalue weighted by molar-refractivity contribution is 4.88. The molecule has 20 heavy (non-hydrogen) atoms. The fourth-order valence-electron chi connectivity index (χ4n) is 3.28. The highest BCUT2D eigenvalue weighted by Crippen LogP contribution is 2.23. The number of rotatable bonds is 14. The SMILES string of the molecule is CCCCCCCCCCN(CC)C(CC)(CC)CN. The van der Waals surface area contributed by atoms with E-state index in [1.807, 2.05) is 0 Å². The fraction of sp³-hybridized carbons (Fsp3) is 1.00. The van der Waals surface area contributed by atoms with Gasteiger partial charge in [0.15, 0.2) is 0 Å². The van der Waals surface area contributed by atoms with Crippen molar-refractivity contribution < 1.29 is 0 Å². The van der Waals surface area contributed by atoms with Crippen molar-refractivity contribution in [3.63, 3.8) is 0 Å². The molecule has 0 aliphatic heterocycles. The summed E-state index contributed by atoms with van der Waals surface area (Å²) in [5.74, 6) is 0. The van der Waals surface area contributed by atoms with Crippen LogP contribution in [0.2, 0.25) is 0 Å². The maximum Gasteiger partial charge on any atom is 0.0326 e. The van der Waals surface area contributed by atoms with Gasteiger partial charge in [-0.3, -0.25) is 4.90 Å². The Balaban J connectivity index is 3.84. The molecule has 0 saturated heterocycles. The van der Waals surface area contributed by atoms with Gasteiger partial charge in [0.25, 0.3) is 0 Å². The summed E-state index contributed by atoms with van der Waals surface area (Å²) in [6.07, 6.45) is 13.5. The summed E-state index contributed by atoms with van der Waals surface area (Å²) in [5.41, 5.74) is 6.31. The number of hydrogen-bond acceptors (Lipinski definition) is 2. The molecule has 0 rings (SSSR count). The average Bonchev–Trinajstić information content (AvgIpc) is 2.49. The van der Waals surface area contributed by atoms with E-state index in [9.17, 15) is 0 Å². The van der Waals surface area contributed by atoms with E-state index in [0.717, 1.165) is 13.1 Å². The van der Waals surface area contributed by atoms with E-state index in [-0.39, 0.29) is 5.54 Å². The molecule has 0 bridgehead atoms. The first-order chi connectivity index (χ1) is 9.70. The second-order valence-corrected chi connectivity index (χ2v) is 6.19. The third kappa shape index (κ3) is 7.08. The molecule has 0 saturated carbocycles. The number of hydrogen-bond donors (Lipinski definition) is 1. The lowest BCUT2D eigenvalue weighted by Crippen LogP contribution is -2.53. The van der Waals surface area contributed by atoms with Gasteiger partial charge in [0.1, 0.15) is 0 Å². The summed E-state index contributed by atoms with van der Waals surface area (Å²) < 4.78 is 0. The molecule has 0 unspecified atom stereocenters. The van der Waals surface area contributed by atoms with Gasteiger partial charge >= 0.3 is 0 Å². The zero-order valence-electron chi connectivity index (χ0n) is 14.7. The van der Waals surface area contributed by atoms with Crippen LogP contribution in [0.25, 0.3) is 0 Å². The Morgan fingerprint density at radius 3 is 1.65 bits per heavy atom. The molecule has 0 aromatic rings. The van der Waals surface area contributed by atoms with Gasteiger partial charge in [-0.2, -0.15) is 0 Å². The Hall–Kier alpha value is -0.0800. The van der Waals surface area contributed by atoms with E-state index in [0.29, 0.717) is 0 Å². The van der Waals surface area contributed by atoms with Crippen molar-refractivity contribution in [2.75, 3.05) is 19.6 Å². The quantitative estimate of drug-likeness (QED) is 0.456. The van der Waals surface area contributed by atoms with Crippen LogP contribution in [0.5, 0.6) is 0 Å². The second kappa shape index (κ2) is 12.6. The summed E-state index contributed by atoms with van der Waals surface area (Å²) >= 11 is 0. The maximum atomic E-state index is 6.06. The van der Waals surface area contributed by atoms with Gasteiger partial charge in [0, 0.05) is 12.1 Å². The molecule has 0 aromatic carbocycles. The highest BCUT2D eigenvalue weighted by atomic mass is 15.2. The molecule has 0 amide bonds. The normalized spacial score (nSPS) is 12.3. The highest BCUT2D eigenvalue weighted by Gasteiger charge is 2.30. The Morgan fingerprint density at radius 2 is 1.25 bits per heavy atom. The van der Waals surface area contributed by atoms with E-state index in [1.54, 1.807) is 0 Å². The monoisotopic (exact) mass is 284 g/mol. The van der Waals surface area contributed by atoms with Crippen LogP contribution in [0.3, 0.4) is 0 Å². The molecule has 0 radical (unpaired) electrons. The summed E-state index contributed by atoms with van der Waals surface area (Å²) in [6.45, 7) is 12.3. The molecule has 0 spiro atoms. The molecule has 0 fully saturated rings. The van der Waals surface area contributed by atoms with Crippen LogP contribution < -0.4 is 5.73 Å². The zero-order valence-corrected chi connectivity index (χ0v) is 14.7. The van der Waals surface area contributed by atoms with Crippen molar-refractivity contribution in [3.8, 4) is 0 Å². The lowest BCUT2D eigenvalue weighted by atomic mass is 9.90. The maximum absolute atomic E-state index is 6.06. The third-order valence-corrected chi connectivity index (χ3v) is 5.03. The summed E-state index contributed by atoms with van der Waals surface area (Å²) in [4.78, 5) is 2.63. The van der Waals surface area contributed by atoms with Crippen LogP contribution in [-0.4, -0.2) is 30.1 Å². The van der Waals surface area contributed by atoms with Gasteiger partial charge < -0.3 is 5.73 Å². The van der Waals surface area contributed by atoms with Crippen LogP contribution in [-0.2, 0) is 0 Å². The fourth-order valence-corrected chi connectivity index (χ4v) is 3.28. The van der Waals surface area contributed by atoms with Gasteiger partial charge in [0.2, 0.25) is 0 Å². The van der Waals surface area contributed by atoms with Crippen LogP contribution in [0.1, 0.15) is 91.9 Å². The van der Waals surface area contributed by atoms with Crippen molar-refractivity contribution in [3.05, 3.63) is 0 Å². The molecule has 2 heteroatoms. The third-order valence-electron chi connectivity index (χ3n) is 5.03. The van der Waals surface area contributed by atoms with Crippen LogP contribution in [0, 0.1) is 0 Å². The van der Waals surface area contributed by atoms with Gasteiger partial charge in [-0.05, 0) is 32.4 Å². The van der Waals surface area contributed by atoms with Crippen LogP contribution >= 0.6 is 0 Å². The Morgan fingerprint density at radius 1 is 0.750 bits per heavy atom. The van der Waals surface area contributed by atoms with E-state index in [2.05, 4.69) is 32.6 Å². The minimum absolute atomic E-state index is 0.246. The lowest BCUT2D eigenvalue weighted by molar-refractivity contribution is 0.0885. The smallest absolute Gasteiger partial charge is 0.0326 e. The predicted molar refractivity (Wildman–Crippen MR) is 92.2 cm³/mol. The van der Waals surface area contributed by atoms with Crippen LogP contribution in [0.4, 0.5) is 0 Å². The molecular formula is C18H40N2. The van der Waals surface area contributed by atoms with E-state index < -0.39 is 0 Å². The Bertz CT molecular complexity index is 191. The average molecular weight is 285 g/mol. The standard InChI is InChI=1S/C18H40N2/c1-5-9-10-11-12-13-14-15-16-20(8-4)18(6-2,7-3)17-19/h5-17,19H2,1-4H3. The molecule has 0 aliphatic carbocycles. The van der Waals surface area contributed by atoms with Crippen molar-refractivity contribution >= 4 is 0 Å². The Kier molecular flexibility index (Phi) is 12.6.